The molecule has 2 aromatic heterocycles. The highest BCUT2D eigenvalue weighted by molar-refractivity contribution is 6.03. The second-order valence-corrected chi connectivity index (χ2v) is 5.76. The van der Waals surface area contributed by atoms with Gasteiger partial charge in [-0.3, -0.25) is 4.79 Å². The van der Waals surface area contributed by atoms with Gasteiger partial charge in [-0.15, -0.1) is 0 Å². The molecule has 1 amide bonds. The summed E-state index contributed by atoms with van der Waals surface area (Å²) in [6, 6.07) is 11.5. The van der Waals surface area contributed by atoms with Crippen LogP contribution < -0.4 is 5.32 Å². The van der Waals surface area contributed by atoms with Gasteiger partial charge in [-0.1, -0.05) is 32.0 Å². The van der Waals surface area contributed by atoms with Gasteiger partial charge in [0.2, 0.25) is 0 Å². The van der Waals surface area contributed by atoms with E-state index in [0.717, 1.165) is 12.2 Å². The summed E-state index contributed by atoms with van der Waals surface area (Å²) in [6.45, 7) is 4.97. The van der Waals surface area contributed by atoms with Crippen LogP contribution in [0.15, 0.2) is 55.0 Å². The lowest BCUT2D eigenvalue weighted by molar-refractivity contribution is 0.102. The number of carbonyl (C=O) groups excluding carboxylic acids is 1. The average Bonchev–Trinajstić information content (AvgIpc) is 3.18. The minimum atomic E-state index is -0.197. The third-order valence-electron chi connectivity index (χ3n) is 3.36. The molecular weight excluding hydrogens is 290 g/mol. The number of nitrogens with zero attached hydrogens (tertiary/aromatic N) is 4. The van der Waals surface area contributed by atoms with Crippen molar-refractivity contribution in [2.75, 3.05) is 5.32 Å². The molecule has 0 spiro atoms. The van der Waals surface area contributed by atoms with Gasteiger partial charge in [-0.2, -0.15) is 10.2 Å². The van der Waals surface area contributed by atoms with Crippen molar-refractivity contribution in [3.8, 4) is 5.69 Å². The molecule has 0 aliphatic rings. The van der Waals surface area contributed by atoms with Crippen molar-refractivity contribution in [1.29, 1.82) is 0 Å². The molecule has 6 nitrogen and oxygen atoms in total. The quantitative estimate of drug-likeness (QED) is 0.788. The Balaban J connectivity index is 1.75. The van der Waals surface area contributed by atoms with E-state index in [9.17, 15) is 4.79 Å². The summed E-state index contributed by atoms with van der Waals surface area (Å²) in [5.41, 5.74) is 1.42. The largest absolute Gasteiger partial charge is 0.307 e. The lowest BCUT2D eigenvalue weighted by Gasteiger charge is -2.10. The minimum absolute atomic E-state index is 0.197. The molecule has 1 N–H and O–H groups in total. The number of benzene rings is 1. The third kappa shape index (κ3) is 3.48. The standard InChI is InChI=1S/C17H19N5O/c1-13(2)11-22-16(8-9-18-22)20-17(23)14-10-19-21(12-14)15-6-4-3-5-7-15/h3-10,12-13H,11H2,1-2H3,(H,20,23). The van der Waals surface area contributed by atoms with Gasteiger partial charge in [0.15, 0.2) is 0 Å². The summed E-state index contributed by atoms with van der Waals surface area (Å²) in [4.78, 5) is 12.4. The molecule has 0 radical (unpaired) electrons. The van der Waals surface area contributed by atoms with Gasteiger partial charge >= 0.3 is 0 Å². The Morgan fingerprint density at radius 2 is 1.96 bits per heavy atom. The van der Waals surface area contributed by atoms with Crippen LogP contribution in [0, 0.1) is 5.92 Å². The summed E-state index contributed by atoms with van der Waals surface area (Å²) in [5, 5.41) is 11.4. The van der Waals surface area contributed by atoms with Crippen LogP contribution >= 0.6 is 0 Å². The summed E-state index contributed by atoms with van der Waals surface area (Å²) >= 11 is 0. The smallest absolute Gasteiger partial charge is 0.260 e. The maximum atomic E-state index is 12.4. The maximum absolute atomic E-state index is 12.4. The fourth-order valence-corrected chi connectivity index (χ4v) is 2.28. The van der Waals surface area contributed by atoms with Crippen LogP contribution in [-0.2, 0) is 6.54 Å². The van der Waals surface area contributed by atoms with Gasteiger partial charge in [-0.05, 0) is 18.1 Å². The van der Waals surface area contributed by atoms with Crippen molar-refractivity contribution in [1.82, 2.24) is 19.6 Å². The van der Waals surface area contributed by atoms with Crippen molar-refractivity contribution in [3.63, 3.8) is 0 Å². The monoisotopic (exact) mass is 309 g/mol. The highest BCUT2D eigenvalue weighted by Crippen LogP contribution is 2.12. The SMILES string of the molecule is CC(C)Cn1nccc1NC(=O)c1cnn(-c2ccccc2)c1. The van der Waals surface area contributed by atoms with Crippen LogP contribution in [0.25, 0.3) is 5.69 Å². The summed E-state index contributed by atoms with van der Waals surface area (Å²) in [7, 11) is 0. The van der Waals surface area contributed by atoms with E-state index in [0.29, 0.717) is 17.3 Å². The van der Waals surface area contributed by atoms with Crippen molar-refractivity contribution in [3.05, 3.63) is 60.6 Å². The average molecular weight is 309 g/mol. The number of carbonyl (C=O) groups is 1. The number of hydrogen-bond acceptors (Lipinski definition) is 3. The molecule has 0 saturated heterocycles. The first-order valence-corrected chi connectivity index (χ1v) is 7.57. The van der Waals surface area contributed by atoms with E-state index in [1.807, 2.05) is 30.3 Å². The zero-order chi connectivity index (χ0) is 16.2. The molecule has 0 saturated carbocycles. The second kappa shape index (κ2) is 6.48. The zero-order valence-corrected chi connectivity index (χ0v) is 13.2. The first kappa shape index (κ1) is 15.0. The number of hydrogen-bond donors (Lipinski definition) is 1. The Morgan fingerprint density at radius 3 is 2.70 bits per heavy atom. The van der Waals surface area contributed by atoms with E-state index >= 15 is 0 Å². The molecule has 0 bridgehead atoms. The lowest BCUT2D eigenvalue weighted by Crippen LogP contribution is -2.16. The van der Waals surface area contributed by atoms with E-state index in [2.05, 4.69) is 29.4 Å². The molecule has 2 heterocycles. The Morgan fingerprint density at radius 1 is 1.17 bits per heavy atom. The van der Waals surface area contributed by atoms with Gasteiger partial charge in [-0.25, -0.2) is 9.36 Å². The molecule has 3 aromatic rings. The predicted molar refractivity (Wildman–Crippen MR) is 88.6 cm³/mol. The first-order chi connectivity index (χ1) is 11.1. The molecular formula is C17H19N5O. The summed E-state index contributed by atoms with van der Waals surface area (Å²) < 4.78 is 3.48. The predicted octanol–water partition coefficient (Wildman–Crippen LogP) is 2.98. The van der Waals surface area contributed by atoms with Crippen LogP contribution in [0.1, 0.15) is 24.2 Å². The van der Waals surface area contributed by atoms with Gasteiger partial charge < -0.3 is 5.32 Å². The molecule has 0 unspecified atom stereocenters. The highest BCUT2D eigenvalue weighted by Gasteiger charge is 2.12. The number of anilines is 1. The fourth-order valence-electron chi connectivity index (χ4n) is 2.28. The minimum Gasteiger partial charge on any atom is -0.307 e. The molecule has 1 aromatic carbocycles. The Kier molecular flexibility index (Phi) is 4.23. The van der Waals surface area contributed by atoms with Crippen molar-refractivity contribution < 1.29 is 4.79 Å². The molecule has 3 rings (SSSR count). The Labute approximate surface area is 134 Å². The second-order valence-electron chi connectivity index (χ2n) is 5.76. The maximum Gasteiger partial charge on any atom is 0.260 e. The number of para-hydroxylation sites is 1. The van der Waals surface area contributed by atoms with E-state index < -0.39 is 0 Å². The summed E-state index contributed by atoms with van der Waals surface area (Å²) in [6.07, 6.45) is 4.96. The molecule has 0 fully saturated rings. The van der Waals surface area contributed by atoms with Crippen molar-refractivity contribution >= 4 is 11.7 Å². The molecule has 0 aliphatic heterocycles. The van der Waals surface area contributed by atoms with Gasteiger partial charge in [0.25, 0.3) is 5.91 Å². The van der Waals surface area contributed by atoms with E-state index in [4.69, 9.17) is 0 Å². The first-order valence-electron chi connectivity index (χ1n) is 7.57. The lowest BCUT2D eigenvalue weighted by atomic mass is 10.2. The summed E-state index contributed by atoms with van der Waals surface area (Å²) in [5.74, 6) is 0.945. The zero-order valence-electron chi connectivity index (χ0n) is 13.2. The fraction of sp³-hybridized carbons (Fsp3) is 0.235. The Hall–Kier alpha value is -2.89. The van der Waals surface area contributed by atoms with E-state index in [1.54, 1.807) is 34.0 Å². The molecule has 118 valence electrons. The third-order valence-corrected chi connectivity index (χ3v) is 3.36. The van der Waals surface area contributed by atoms with Crippen LogP contribution in [0.4, 0.5) is 5.82 Å². The molecule has 0 atom stereocenters. The molecule has 0 aliphatic carbocycles. The van der Waals surface area contributed by atoms with Crippen LogP contribution in [0.5, 0.6) is 0 Å². The van der Waals surface area contributed by atoms with E-state index in [1.165, 1.54) is 0 Å². The topological polar surface area (TPSA) is 64.7 Å². The number of rotatable bonds is 5. The van der Waals surface area contributed by atoms with Crippen molar-refractivity contribution in [2.24, 2.45) is 5.92 Å². The van der Waals surface area contributed by atoms with Gasteiger partial charge in [0.05, 0.1) is 23.6 Å². The van der Waals surface area contributed by atoms with Gasteiger partial charge in [0.1, 0.15) is 5.82 Å². The van der Waals surface area contributed by atoms with Crippen LogP contribution in [0.2, 0.25) is 0 Å². The number of amides is 1. The molecule has 6 heteroatoms. The van der Waals surface area contributed by atoms with Crippen molar-refractivity contribution in [2.45, 2.75) is 20.4 Å². The van der Waals surface area contributed by atoms with Crippen LogP contribution in [0.3, 0.4) is 0 Å². The number of nitrogens with one attached hydrogen (secondary N) is 1. The van der Waals surface area contributed by atoms with E-state index in [-0.39, 0.29) is 5.91 Å². The van der Waals surface area contributed by atoms with Crippen LogP contribution in [-0.4, -0.2) is 25.5 Å². The Bertz CT molecular complexity index is 788. The highest BCUT2D eigenvalue weighted by atomic mass is 16.1. The molecule has 23 heavy (non-hydrogen) atoms. The normalized spacial score (nSPS) is 10.9. The number of aromatic nitrogens is 4. The van der Waals surface area contributed by atoms with Gasteiger partial charge in [0, 0.05) is 18.8 Å².